The highest BCUT2D eigenvalue weighted by Crippen LogP contribution is 2.47. The second kappa shape index (κ2) is 13.0. The predicted molar refractivity (Wildman–Crippen MR) is 181 cm³/mol. The summed E-state index contributed by atoms with van der Waals surface area (Å²) in [5, 5.41) is 12.9. The van der Waals surface area contributed by atoms with Crippen molar-refractivity contribution in [1.82, 2.24) is 39.5 Å². The van der Waals surface area contributed by atoms with Crippen LogP contribution in [-0.4, -0.2) is 65.7 Å². The van der Waals surface area contributed by atoms with Crippen LogP contribution in [0.1, 0.15) is 25.1 Å². The van der Waals surface area contributed by atoms with Crippen LogP contribution in [0.15, 0.2) is 101 Å². The number of aromatic amines is 1. The number of benzene rings is 3. The molecule has 0 radical (unpaired) electrons. The third-order valence-corrected chi connectivity index (χ3v) is 9.42. The third-order valence-electron chi connectivity index (χ3n) is 9.42. The van der Waals surface area contributed by atoms with Crippen molar-refractivity contribution in [1.29, 1.82) is 0 Å². The zero-order valence-corrected chi connectivity index (χ0v) is 27.5. The summed E-state index contributed by atoms with van der Waals surface area (Å²) >= 11 is 0. The van der Waals surface area contributed by atoms with Gasteiger partial charge in [-0.25, -0.2) is 32.7 Å². The highest BCUT2D eigenvalue weighted by Gasteiger charge is 2.58. The summed E-state index contributed by atoms with van der Waals surface area (Å²) in [6.07, 6.45) is 2.80. The molecule has 16 heteroatoms. The van der Waals surface area contributed by atoms with Crippen LogP contribution >= 0.6 is 0 Å². The van der Waals surface area contributed by atoms with E-state index in [2.05, 4.69) is 30.3 Å². The summed E-state index contributed by atoms with van der Waals surface area (Å²) in [5.74, 6) is -6.25. The number of rotatable bonds is 9. The number of piperazine rings is 1. The van der Waals surface area contributed by atoms with Crippen LogP contribution in [0.3, 0.4) is 0 Å². The molecule has 1 fully saturated rings. The summed E-state index contributed by atoms with van der Waals surface area (Å²) in [5.41, 5.74) is -1.34. The van der Waals surface area contributed by atoms with Crippen molar-refractivity contribution < 1.29 is 17.6 Å². The molecule has 0 amide bonds. The zero-order chi connectivity index (χ0) is 35.9. The molecule has 1 aliphatic rings. The van der Waals surface area contributed by atoms with E-state index in [1.807, 2.05) is 60.6 Å². The first-order valence-electron chi connectivity index (χ1n) is 16.2. The van der Waals surface area contributed by atoms with E-state index in [4.69, 9.17) is 0 Å². The minimum atomic E-state index is -4.00. The first kappa shape index (κ1) is 33.4. The predicted octanol–water partition coefficient (Wildman–Crippen LogP) is 4.56. The second-order valence-corrected chi connectivity index (χ2v) is 12.3. The van der Waals surface area contributed by atoms with Crippen LogP contribution < -0.4 is 21.2 Å². The van der Waals surface area contributed by atoms with Crippen molar-refractivity contribution in [3.63, 3.8) is 0 Å². The molecule has 7 rings (SSSR count). The number of nitrogens with one attached hydrogen (secondary N) is 1. The molecule has 0 unspecified atom stereocenters. The molecule has 1 aliphatic heterocycles. The van der Waals surface area contributed by atoms with Crippen molar-refractivity contribution in [2.24, 2.45) is 0 Å². The molecule has 12 nitrogen and oxygen atoms in total. The Kier molecular flexibility index (Phi) is 8.52. The van der Waals surface area contributed by atoms with Gasteiger partial charge in [0.15, 0.2) is 5.54 Å². The Morgan fingerprint density at radius 3 is 1.94 bits per heavy atom. The van der Waals surface area contributed by atoms with E-state index in [-0.39, 0.29) is 5.69 Å². The van der Waals surface area contributed by atoms with E-state index in [1.54, 1.807) is 0 Å². The number of hydrogen-bond acceptors (Lipinski definition) is 8. The molecule has 1 saturated heterocycles. The lowest BCUT2D eigenvalue weighted by Gasteiger charge is -2.37. The molecular formula is C35H32F4N10O2. The SMILES string of the molecule is CCn1ncn(-c2ccc(N3CCN(c4ccc(-c5ccc(C(F)(F)[C@@](C)(c6ccc(F)cc6F)n6nn[nH]c6=O)nc5)cc4)CC3)cc2)c1=O. The van der Waals surface area contributed by atoms with E-state index in [9.17, 15) is 18.4 Å². The van der Waals surface area contributed by atoms with Crippen molar-refractivity contribution >= 4 is 11.4 Å². The molecule has 6 aromatic rings. The molecule has 1 N–H and O–H groups in total. The van der Waals surface area contributed by atoms with Crippen molar-refractivity contribution in [3.8, 4) is 16.8 Å². The lowest BCUT2D eigenvalue weighted by molar-refractivity contribution is -0.104. The second-order valence-electron chi connectivity index (χ2n) is 12.3. The lowest BCUT2D eigenvalue weighted by Crippen LogP contribution is -2.52. The van der Waals surface area contributed by atoms with Gasteiger partial charge in [0.25, 0.3) is 0 Å². The Morgan fingerprint density at radius 2 is 1.41 bits per heavy atom. The Balaban J connectivity index is 1.04. The standard InChI is InChI=1S/C35H32F4N10O2/c1-3-48-33(51)47(22-41-48)28-12-10-27(11-13-28)46-18-16-45(17-19-46)26-8-4-23(5-9-26)24-6-15-31(40-21-24)35(38,39)34(2,49-32(50)42-43-44-49)29-14-7-25(36)20-30(29)37/h4-15,20-22H,3,16-19H2,1-2H3,(H,42,44,50)/t34-/m1/s1. The number of tetrazole rings is 1. The molecule has 4 heterocycles. The van der Waals surface area contributed by atoms with Crippen LogP contribution in [0.5, 0.6) is 0 Å². The number of aromatic nitrogens is 8. The van der Waals surface area contributed by atoms with Crippen molar-refractivity contribution in [3.05, 3.63) is 135 Å². The fraction of sp³-hybridized carbons (Fsp3) is 0.257. The van der Waals surface area contributed by atoms with E-state index >= 15 is 8.78 Å². The minimum absolute atomic E-state index is 0.179. The minimum Gasteiger partial charge on any atom is -0.368 e. The van der Waals surface area contributed by atoms with Gasteiger partial charge in [0.05, 0.1) is 5.69 Å². The van der Waals surface area contributed by atoms with E-state index in [0.717, 1.165) is 73.9 Å². The van der Waals surface area contributed by atoms with Gasteiger partial charge in [0.1, 0.15) is 23.7 Å². The number of H-pyrrole nitrogens is 1. The number of pyridine rings is 1. The molecule has 51 heavy (non-hydrogen) atoms. The molecule has 0 bridgehead atoms. The molecule has 3 aromatic heterocycles. The Bertz CT molecular complexity index is 2270. The maximum Gasteiger partial charge on any atom is 0.362 e. The molecule has 0 saturated carbocycles. The maximum atomic E-state index is 16.4. The normalized spacial score (nSPS) is 14.9. The first-order chi connectivity index (χ1) is 24.5. The summed E-state index contributed by atoms with van der Waals surface area (Å²) in [4.78, 5) is 33.5. The quantitative estimate of drug-likeness (QED) is 0.218. The Morgan fingerprint density at radius 1 is 0.804 bits per heavy atom. The van der Waals surface area contributed by atoms with Crippen LogP contribution in [0, 0.1) is 11.6 Å². The van der Waals surface area contributed by atoms with Crippen LogP contribution in [-0.2, 0) is 18.0 Å². The smallest absolute Gasteiger partial charge is 0.362 e. The topological polar surface area (TPSA) is 123 Å². The molecule has 3 aromatic carbocycles. The molecule has 0 aliphatic carbocycles. The Labute approximate surface area is 288 Å². The number of anilines is 2. The number of halogens is 4. The maximum absolute atomic E-state index is 16.4. The number of alkyl halides is 2. The zero-order valence-electron chi connectivity index (χ0n) is 27.5. The number of nitrogens with zero attached hydrogens (tertiary/aromatic N) is 9. The van der Waals surface area contributed by atoms with Gasteiger partial charge in [0, 0.05) is 67.5 Å². The summed E-state index contributed by atoms with van der Waals surface area (Å²) in [6, 6.07) is 20.2. The summed E-state index contributed by atoms with van der Waals surface area (Å²) in [6.45, 7) is 6.42. The van der Waals surface area contributed by atoms with Crippen molar-refractivity contribution in [2.45, 2.75) is 31.9 Å². The summed E-state index contributed by atoms with van der Waals surface area (Å²) in [7, 11) is 0. The average Bonchev–Trinajstić information content (AvgIpc) is 3.76. The highest BCUT2D eigenvalue weighted by atomic mass is 19.3. The molecular weight excluding hydrogens is 668 g/mol. The van der Waals surface area contributed by atoms with Crippen LogP contribution in [0.25, 0.3) is 16.8 Å². The Hall–Kier alpha value is -6.06. The monoisotopic (exact) mass is 700 g/mol. The van der Waals surface area contributed by atoms with Gasteiger partial charge in [-0.15, -0.1) is 0 Å². The van der Waals surface area contributed by atoms with Gasteiger partial charge in [-0.05, 0) is 78.4 Å². The molecule has 262 valence electrons. The third kappa shape index (κ3) is 5.85. The van der Waals surface area contributed by atoms with Gasteiger partial charge in [-0.3, -0.25) is 4.98 Å². The van der Waals surface area contributed by atoms with Crippen LogP contribution in [0.4, 0.5) is 28.9 Å². The fourth-order valence-electron chi connectivity index (χ4n) is 6.43. The van der Waals surface area contributed by atoms with E-state index < -0.39 is 40.0 Å². The molecule has 1 atom stereocenters. The fourth-order valence-corrected chi connectivity index (χ4v) is 6.43. The average molecular weight is 701 g/mol. The van der Waals surface area contributed by atoms with Gasteiger partial charge in [-0.1, -0.05) is 24.3 Å². The first-order valence-corrected chi connectivity index (χ1v) is 16.2. The van der Waals surface area contributed by atoms with Gasteiger partial charge in [-0.2, -0.15) is 18.6 Å². The van der Waals surface area contributed by atoms with Crippen LogP contribution in [0.2, 0.25) is 0 Å². The van der Waals surface area contributed by atoms with Gasteiger partial charge in [0.2, 0.25) is 0 Å². The number of aryl methyl sites for hydroxylation is 1. The lowest BCUT2D eigenvalue weighted by atomic mass is 9.83. The van der Waals surface area contributed by atoms with Gasteiger partial charge >= 0.3 is 17.3 Å². The van der Waals surface area contributed by atoms with Crippen molar-refractivity contribution in [2.75, 3.05) is 36.0 Å². The molecule has 0 spiro atoms. The largest absolute Gasteiger partial charge is 0.368 e. The summed E-state index contributed by atoms with van der Waals surface area (Å²) < 4.78 is 64.7. The highest BCUT2D eigenvalue weighted by molar-refractivity contribution is 5.66. The van der Waals surface area contributed by atoms with E-state index in [0.29, 0.717) is 22.9 Å². The number of hydrogen-bond donors (Lipinski definition) is 1. The van der Waals surface area contributed by atoms with Gasteiger partial charge < -0.3 is 9.80 Å². The van der Waals surface area contributed by atoms with E-state index in [1.165, 1.54) is 27.8 Å².